The Morgan fingerprint density at radius 2 is 2.06 bits per heavy atom. The van der Waals surface area contributed by atoms with Crippen LogP contribution in [0, 0.1) is 11.3 Å². The van der Waals surface area contributed by atoms with E-state index in [-0.39, 0.29) is 0 Å². The summed E-state index contributed by atoms with van der Waals surface area (Å²) in [5.74, 6) is 0. The number of nitriles is 1. The molecule has 0 aliphatic carbocycles. The zero-order valence-electron chi connectivity index (χ0n) is 8.67. The van der Waals surface area contributed by atoms with Gasteiger partial charge in [-0.15, -0.1) is 0 Å². The van der Waals surface area contributed by atoms with E-state index in [4.69, 9.17) is 5.26 Å². The molecule has 0 unspecified atom stereocenters. The smallest absolute Gasteiger partial charge is 0.0991 e. The molecule has 16 heavy (non-hydrogen) atoms. The molecule has 1 aromatic rings. The zero-order valence-corrected chi connectivity index (χ0v) is 8.67. The van der Waals surface area contributed by atoms with E-state index in [0.29, 0.717) is 5.56 Å². The Labute approximate surface area is 93.7 Å². The molecule has 3 rings (SSSR count). The van der Waals surface area contributed by atoms with Gasteiger partial charge in [0.15, 0.2) is 0 Å². The van der Waals surface area contributed by atoms with E-state index in [1.165, 1.54) is 0 Å². The second-order valence-corrected chi connectivity index (χ2v) is 3.77. The Morgan fingerprint density at radius 1 is 1.25 bits per heavy atom. The lowest BCUT2D eigenvalue weighted by atomic mass is 10.1. The molecule has 0 saturated carbocycles. The average molecular weight is 210 g/mol. The van der Waals surface area contributed by atoms with E-state index >= 15 is 0 Å². The minimum atomic E-state index is 0.683. The van der Waals surface area contributed by atoms with Gasteiger partial charge in [0.05, 0.1) is 30.4 Å². The van der Waals surface area contributed by atoms with Gasteiger partial charge in [0.2, 0.25) is 0 Å². The number of hydrogen-bond donors (Lipinski definition) is 0. The van der Waals surface area contributed by atoms with Crippen molar-refractivity contribution in [1.29, 1.82) is 5.26 Å². The summed E-state index contributed by atoms with van der Waals surface area (Å²) in [4.78, 5) is 0. The first kappa shape index (κ1) is 8.98. The lowest BCUT2D eigenvalue weighted by Gasteiger charge is -2.17. The molecule has 0 saturated heterocycles. The van der Waals surface area contributed by atoms with Gasteiger partial charge in [-0.1, -0.05) is 12.1 Å². The van der Waals surface area contributed by atoms with Gasteiger partial charge in [0.25, 0.3) is 0 Å². The van der Waals surface area contributed by atoms with Gasteiger partial charge < -0.3 is 0 Å². The maximum absolute atomic E-state index is 8.72. The first-order chi connectivity index (χ1) is 7.86. The Morgan fingerprint density at radius 3 is 2.75 bits per heavy atom. The fourth-order valence-electron chi connectivity index (χ4n) is 1.89. The zero-order chi connectivity index (χ0) is 11.0. The Kier molecular flexibility index (Phi) is 1.90. The van der Waals surface area contributed by atoms with Crippen LogP contribution < -0.4 is 0 Å². The van der Waals surface area contributed by atoms with Crippen molar-refractivity contribution in [2.75, 3.05) is 13.1 Å². The van der Waals surface area contributed by atoms with Crippen molar-refractivity contribution in [1.82, 2.24) is 10.1 Å². The molecule has 0 atom stereocenters. The molecule has 2 aliphatic rings. The average Bonchev–Trinajstić information content (AvgIpc) is 2.89. The largest absolute Gasteiger partial charge is 0.271 e. The van der Waals surface area contributed by atoms with Crippen molar-refractivity contribution < 1.29 is 0 Å². The van der Waals surface area contributed by atoms with Gasteiger partial charge in [-0.2, -0.15) is 10.4 Å². The maximum Gasteiger partial charge on any atom is 0.0991 e. The molecule has 0 radical (unpaired) electrons. The number of benzene rings is 1. The fourth-order valence-corrected chi connectivity index (χ4v) is 1.89. The molecule has 0 amide bonds. The molecule has 0 bridgehead atoms. The topological polar surface area (TPSA) is 42.6 Å². The highest BCUT2D eigenvalue weighted by molar-refractivity contribution is 6.02. The molecule has 0 aromatic heterocycles. The summed E-state index contributed by atoms with van der Waals surface area (Å²) in [6.45, 7) is 1.65. The van der Waals surface area contributed by atoms with Crippen molar-refractivity contribution >= 4 is 5.71 Å². The molecule has 2 heterocycles. The molecule has 0 N–H and O–H groups in total. The number of rotatable bonds is 1. The standard InChI is InChI=1S/C12H10N4/c13-8-10-2-4-11(5-3-10)12-9-15-6-1-7-16(15)14-12/h1-6H,7,9H2. The predicted octanol–water partition coefficient (Wildman–Crippen LogP) is 1.32. The van der Waals surface area contributed by atoms with E-state index in [2.05, 4.69) is 22.3 Å². The first-order valence-electron chi connectivity index (χ1n) is 5.15. The van der Waals surface area contributed by atoms with E-state index in [1.807, 2.05) is 35.6 Å². The van der Waals surface area contributed by atoms with Gasteiger partial charge in [-0.3, -0.25) is 5.01 Å². The van der Waals surface area contributed by atoms with Crippen LogP contribution in [0.5, 0.6) is 0 Å². The van der Waals surface area contributed by atoms with Crippen molar-refractivity contribution in [3.8, 4) is 6.07 Å². The van der Waals surface area contributed by atoms with Crippen molar-refractivity contribution in [3.05, 3.63) is 47.7 Å². The van der Waals surface area contributed by atoms with Gasteiger partial charge in [-0.05, 0) is 23.8 Å². The minimum Gasteiger partial charge on any atom is -0.271 e. The third-order valence-corrected chi connectivity index (χ3v) is 2.74. The van der Waals surface area contributed by atoms with Gasteiger partial charge in [0, 0.05) is 6.20 Å². The highest BCUT2D eigenvalue weighted by atomic mass is 15.8. The normalized spacial score (nSPS) is 17.3. The Balaban J connectivity index is 1.86. The molecule has 4 nitrogen and oxygen atoms in total. The van der Waals surface area contributed by atoms with Crippen molar-refractivity contribution in [3.63, 3.8) is 0 Å². The summed E-state index contributed by atoms with van der Waals surface area (Å²) in [5.41, 5.74) is 2.82. The highest BCUT2D eigenvalue weighted by Crippen LogP contribution is 2.18. The molecular weight excluding hydrogens is 200 g/mol. The van der Waals surface area contributed by atoms with Gasteiger partial charge in [0.1, 0.15) is 0 Å². The van der Waals surface area contributed by atoms with Gasteiger partial charge in [-0.25, -0.2) is 5.12 Å². The second kappa shape index (κ2) is 3.38. The third kappa shape index (κ3) is 1.34. The van der Waals surface area contributed by atoms with Crippen molar-refractivity contribution in [2.45, 2.75) is 0 Å². The minimum absolute atomic E-state index is 0.683. The third-order valence-electron chi connectivity index (χ3n) is 2.74. The first-order valence-corrected chi connectivity index (χ1v) is 5.15. The van der Waals surface area contributed by atoms with Crippen LogP contribution in [0.1, 0.15) is 11.1 Å². The van der Waals surface area contributed by atoms with Crippen LogP contribution in [-0.2, 0) is 0 Å². The van der Waals surface area contributed by atoms with Crippen LogP contribution in [0.3, 0.4) is 0 Å². The molecule has 0 fully saturated rings. The number of hydrazine groups is 1. The van der Waals surface area contributed by atoms with E-state index < -0.39 is 0 Å². The van der Waals surface area contributed by atoms with E-state index in [9.17, 15) is 0 Å². The molecule has 78 valence electrons. The number of nitrogens with zero attached hydrogens (tertiary/aromatic N) is 4. The summed E-state index contributed by atoms with van der Waals surface area (Å²) in [7, 11) is 0. The maximum atomic E-state index is 8.72. The van der Waals surface area contributed by atoms with Crippen molar-refractivity contribution in [2.24, 2.45) is 5.10 Å². The van der Waals surface area contributed by atoms with Crippen LogP contribution in [0.2, 0.25) is 0 Å². The number of hydrogen-bond acceptors (Lipinski definition) is 4. The van der Waals surface area contributed by atoms with Gasteiger partial charge >= 0.3 is 0 Å². The Bertz CT molecular complexity index is 507. The lowest BCUT2D eigenvalue weighted by molar-refractivity contribution is 0.0946. The summed E-state index contributed by atoms with van der Waals surface area (Å²) in [5, 5.41) is 17.2. The quantitative estimate of drug-likeness (QED) is 0.702. The van der Waals surface area contributed by atoms with Crippen LogP contribution in [-0.4, -0.2) is 28.9 Å². The van der Waals surface area contributed by atoms with E-state index in [0.717, 1.165) is 24.4 Å². The number of fused-ring (bicyclic) bond motifs is 1. The van der Waals surface area contributed by atoms with E-state index in [1.54, 1.807) is 0 Å². The van der Waals surface area contributed by atoms with Crippen LogP contribution in [0.25, 0.3) is 0 Å². The molecule has 1 aromatic carbocycles. The summed E-state index contributed by atoms with van der Waals surface area (Å²) >= 11 is 0. The monoisotopic (exact) mass is 210 g/mol. The second-order valence-electron chi connectivity index (χ2n) is 3.77. The summed E-state index contributed by atoms with van der Waals surface area (Å²) < 4.78 is 0. The van der Waals surface area contributed by atoms with Crippen LogP contribution >= 0.6 is 0 Å². The number of hydrazone groups is 1. The fraction of sp³-hybridized carbons (Fsp3) is 0.167. The summed E-state index contributed by atoms with van der Waals surface area (Å²) in [6, 6.07) is 9.66. The lowest BCUT2D eigenvalue weighted by Crippen LogP contribution is -2.26. The van der Waals surface area contributed by atoms with Crippen LogP contribution in [0.15, 0.2) is 41.6 Å². The predicted molar refractivity (Wildman–Crippen MR) is 60.2 cm³/mol. The summed E-state index contributed by atoms with van der Waals surface area (Å²) in [6.07, 6.45) is 4.12. The Hall–Kier alpha value is -2.28. The molecule has 0 spiro atoms. The SMILES string of the molecule is N#Cc1ccc(C2=NN3CC=CN3C2)cc1. The van der Waals surface area contributed by atoms with Crippen LogP contribution in [0.4, 0.5) is 0 Å². The molecule has 2 aliphatic heterocycles. The highest BCUT2D eigenvalue weighted by Gasteiger charge is 2.24. The molecule has 4 heteroatoms. The molecular formula is C12H10N4.